The van der Waals surface area contributed by atoms with Crippen molar-refractivity contribution >= 4 is 22.6 Å². The maximum Gasteiger partial charge on any atom is 0.414 e. The van der Waals surface area contributed by atoms with Crippen molar-refractivity contribution in [3.05, 3.63) is 59.3 Å². The van der Waals surface area contributed by atoms with E-state index in [1.807, 2.05) is 6.07 Å². The third-order valence-electron chi connectivity index (χ3n) is 5.15. The second-order valence-corrected chi connectivity index (χ2v) is 6.94. The van der Waals surface area contributed by atoms with Gasteiger partial charge in [-0.05, 0) is 48.4 Å². The van der Waals surface area contributed by atoms with Crippen LogP contribution in [0.15, 0.2) is 42.5 Å². The minimum absolute atomic E-state index is 0.0436. The lowest BCUT2D eigenvalue weighted by Gasteiger charge is -2.36. The van der Waals surface area contributed by atoms with E-state index < -0.39 is 18.2 Å². The molecule has 1 atom stereocenters. The zero-order valence-electron chi connectivity index (χ0n) is 15.9. The number of rotatable bonds is 2. The molecule has 1 aliphatic heterocycles. The number of amides is 2. The number of benzene rings is 2. The number of carbonyl (C=O) groups excluding carboxylic acids is 1. The molecule has 1 aromatic heterocycles. The molecule has 0 saturated carbocycles. The minimum Gasteiger partial charge on any atom is -0.497 e. The van der Waals surface area contributed by atoms with Gasteiger partial charge < -0.3 is 19.9 Å². The molecule has 1 unspecified atom stereocenters. The first kappa shape index (κ1) is 19.6. The Morgan fingerprint density at radius 1 is 1.30 bits per heavy atom. The third kappa shape index (κ3) is 3.41. The highest BCUT2D eigenvalue weighted by molar-refractivity contribution is 5.91. The van der Waals surface area contributed by atoms with Gasteiger partial charge in [0.1, 0.15) is 5.75 Å². The number of hydrogen-bond acceptors (Lipinski definition) is 3. The number of aromatic amines is 1. The van der Waals surface area contributed by atoms with Crippen molar-refractivity contribution in [3.63, 3.8) is 0 Å². The zero-order chi connectivity index (χ0) is 21.5. The van der Waals surface area contributed by atoms with Crippen LogP contribution < -0.4 is 10.1 Å². The Morgan fingerprint density at radius 3 is 2.80 bits per heavy atom. The van der Waals surface area contributed by atoms with Gasteiger partial charge in [0.15, 0.2) is 6.04 Å². The van der Waals surface area contributed by atoms with Crippen molar-refractivity contribution in [2.24, 2.45) is 0 Å². The summed E-state index contributed by atoms with van der Waals surface area (Å²) in [5, 5.41) is 12.1. The number of urea groups is 1. The summed E-state index contributed by atoms with van der Waals surface area (Å²) in [6.07, 6.45) is -4.41. The quantitative estimate of drug-likeness (QED) is 0.636. The molecule has 2 N–H and O–H groups in total. The number of methoxy groups -OCH3 is 1. The number of ether oxygens (including phenoxy) is 1. The van der Waals surface area contributed by atoms with E-state index >= 15 is 0 Å². The molecule has 0 spiro atoms. The Kier molecular flexibility index (Phi) is 4.78. The summed E-state index contributed by atoms with van der Waals surface area (Å²) in [7, 11) is 1.49. The molecule has 0 saturated heterocycles. The number of anilines is 1. The number of H-pyrrole nitrogens is 1. The van der Waals surface area contributed by atoms with Crippen LogP contribution >= 0.6 is 0 Å². The SMILES string of the molecule is COc1ccc2[nH]c3c(c2c1)CCN(C(=O)Nc1cccc(C#N)c1)C3C(F)(F)F. The fraction of sp³-hybridized carbons (Fsp3) is 0.238. The smallest absolute Gasteiger partial charge is 0.414 e. The van der Waals surface area contributed by atoms with Crippen LogP contribution in [-0.4, -0.2) is 35.7 Å². The van der Waals surface area contributed by atoms with E-state index in [0.29, 0.717) is 27.8 Å². The summed E-state index contributed by atoms with van der Waals surface area (Å²) in [5.74, 6) is 0.547. The van der Waals surface area contributed by atoms with Crippen LogP contribution in [0.25, 0.3) is 10.9 Å². The van der Waals surface area contributed by atoms with Crippen LogP contribution in [0.4, 0.5) is 23.7 Å². The number of nitrogens with one attached hydrogen (secondary N) is 2. The first-order valence-electron chi connectivity index (χ1n) is 9.15. The fourth-order valence-electron chi connectivity index (χ4n) is 3.82. The number of halogens is 3. The summed E-state index contributed by atoms with van der Waals surface area (Å²) >= 11 is 0. The van der Waals surface area contributed by atoms with Gasteiger partial charge in [-0.1, -0.05) is 6.07 Å². The van der Waals surface area contributed by atoms with Gasteiger partial charge in [0.2, 0.25) is 0 Å². The van der Waals surface area contributed by atoms with Crippen molar-refractivity contribution in [2.45, 2.75) is 18.6 Å². The van der Waals surface area contributed by atoms with Crippen molar-refractivity contribution < 1.29 is 22.7 Å². The molecule has 2 aromatic carbocycles. The summed E-state index contributed by atoms with van der Waals surface area (Å²) in [5.41, 5.74) is 1.59. The number of alkyl halides is 3. The summed E-state index contributed by atoms with van der Waals surface area (Å²) in [4.78, 5) is 16.4. The van der Waals surface area contributed by atoms with E-state index in [9.17, 15) is 18.0 Å². The summed E-state index contributed by atoms with van der Waals surface area (Å²) in [6, 6.07) is 9.98. The number of nitrogens with zero attached hydrogens (tertiary/aromatic N) is 2. The Hall–Kier alpha value is -3.67. The zero-order valence-corrected chi connectivity index (χ0v) is 15.9. The van der Waals surface area contributed by atoms with Crippen LogP contribution in [0, 0.1) is 11.3 Å². The third-order valence-corrected chi connectivity index (χ3v) is 5.15. The van der Waals surface area contributed by atoms with Crippen molar-refractivity contribution in [2.75, 3.05) is 19.0 Å². The normalized spacial score (nSPS) is 16.1. The average Bonchev–Trinajstić information content (AvgIpc) is 3.09. The maximum absolute atomic E-state index is 14.1. The van der Waals surface area contributed by atoms with Gasteiger partial charge in [0, 0.05) is 23.1 Å². The molecule has 3 aromatic rings. The van der Waals surface area contributed by atoms with Gasteiger partial charge in [0.05, 0.1) is 24.4 Å². The lowest BCUT2D eigenvalue weighted by atomic mass is 9.97. The van der Waals surface area contributed by atoms with Crippen LogP contribution in [0.2, 0.25) is 0 Å². The van der Waals surface area contributed by atoms with E-state index in [1.54, 1.807) is 30.3 Å². The lowest BCUT2D eigenvalue weighted by Crippen LogP contribution is -2.48. The fourth-order valence-corrected chi connectivity index (χ4v) is 3.82. The predicted molar refractivity (Wildman–Crippen MR) is 104 cm³/mol. The van der Waals surface area contributed by atoms with Gasteiger partial charge in [-0.3, -0.25) is 0 Å². The molecule has 0 bridgehead atoms. The van der Waals surface area contributed by atoms with E-state index in [2.05, 4.69) is 10.3 Å². The van der Waals surface area contributed by atoms with Crippen molar-refractivity contribution in [1.29, 1.82) is 5.26 Å². The molecule has 2 heterocycles. The van der Waals surface area contributed by atoms with Crippen LogP contribution in [0.3, 0.4) is 0 Å². The van der Waals surface area contributed by atoms with Gasteiger partial charge in [0.25, 0.3) is 0 Å². The number of carbonyl (C=O) groups is 1. The second-order valence-electron chi connectivity index (χ2n) is 6.94. The average molecular weight is 414 g/mol. The van der Waals surface area contributed by atoms with Crippen LogP contribution in [0.1, 0.15) is 22.9 Å². The molecule has 1 aliphatic rings. The summed E-state index contributed by atoms with van der Waals surface area (Å²) < 4.78 is 47.3. The summed E-state index contributed by atoms with van der Waals surface area (Å²) in [6.45, 7) is -0.106. The molecule has 0 fully saturated rings. The minimum atomic E-state index is -4.67. The van der Waals surface area contributed by atoms with Crippen LogP contribution in [0.5, 0.6) is 5.75 Å². The monoisotopic (exact) mass is 414 g/mol. The largest absolute Gasteiger partial charge is 0.497 e. The first-order valence-corrected chi connectivity index (χ1v) is 9.15. The van der Waals surface area contributed by atoms with Crippen molar-refractivity contribution in [3.8, 4) is 11.8 Å². The first-order chi connectivity index (χ1) is 14.3. The van der Waals surface area contributed by atoms with Crippen LogP contribution in [-0.2, 0) is 6.42 Å². The standard InChI is InChI=1S/C21H17F3N4O2/c1-30-14-5-6-17-16(10-14)15-7-8-28(19(18(15)27-17)21(22,23)24)20(29)26-13-4-2-3-12(9-13)11-25/h2-6,9-10,19,27H,7-8H2,1H3,(H,26,29). The number of fused-ring (bicyclic) bond motifs is 3. The molecule has 4 rings (SSSR count). The number of hydrogen-bond donors (Lipinski definition) is 2. The molecule has 154 valence electrons. The van der Waals surface area contributed by atoms with Gasteiger partial charge in [-0.2, -0.15) is 18.4 Å². The molecule has 0 aliphatic carbocycles. The maximum atomic E-state index is 14.1. The van der Waals surface area contributed by atoms with E-state index in [1.165, 1.54) is 19.2 Å². The molecule has 6 nitrogen and oxygen atoms in total. The van der Waals surface area contributed by atoms with Gasteiger partial charge >= 0.3 is 12.2 Å². The topological polar surface area (TPSA) is 81.2 Å². The number of aromatic nitrogens is 1. The Morgan fingerprint density at radius 2 is 2.10 bits per heavy atom. The van der Waals surface area contributed by atoms with E-state index in [4.69, 9.17) is 10.00 Å². The number of nitriles is 1. The highest BCUT2D eigenvalue weighted by Gasteiger charge is 2.50. The highest BCUT2D eigenvalue weighted by atomic mass is 19.4. The van der Waals surface area contributed by atoms with Gasteiger partial charge in [-0.25, -0.2) is 4.79 Å². The molecule has 2 amide bonds. The van der Waals surface area contributed by atoms with Gasteiger partial charge in [-0.15, -0.1) is 0 Å². The van der Waals surface area contributed by atoms with E-state index in [0.717, 1.165) is 4.90 Å². The molecular weight excluding hydrogens is 397 g/mol. The Labute approximate surface area is 169 Å². The molecule has 0 radical (unpaired) electrons. The van der Waals surface area contributed by atoms with E-state index in [-0.39, 0.29) is 24.3 Å². The Balaban J connectivity index is 1.72. The Bertz CT molecular complexity index is 1160. The molecule has 30 heavy (non-hydrogen) atoms. The predicted octanol–water partition coefficient (Wildman–Crippen LogP) is 4.74. The van der Waals surface area contributed by atoms with Crippen molar-refractivity contribution in [1.82, 2.24) is 9.88 Å². The second kappa shape index (κ2) is 7.30. The molecular formula is C21H17F3N4O2. The molecule has 9 heteroatoms. The lowest BCUT2D eigenvalue weighted by molar-refractivity contribution is -0.180. The highest BCUT2D eigenvalue weighted by Crippen LogP contribution is 2.44.